The first kappa shape index (κ1) is 21.3. The molecule has 0 aliphatic heterocycles. The van der Waals surface area contributed by atoms with E-state index < -0.39 is 11.7 Å². The number of hydrogen-bond acceptors (Lipinski definition) is 5. The van der Waals surface area contributed by atoms with Crippen LogP contribution in [0.25, 0.3) is 0 Å². The van der Waals surface area contributed by atoms with Gasteiger partial charge < -0.3 is 16.4 Å². The van der Waals surface area contributed by atoms with Gasteiger partial charge in [0.15, 0.2) is 0 Å². The maximum Gasteiger partial charge on any atom is 0.260 e. The molecule has 1 amide bonds. The van der Waals surface area contributed by atoms with Gasteiger partial charge in [-0.3, -0.25) is 9.59 Å². The lowest BCUT2D eigenvalue weighted by Gasteiger charge is -2.11. The highest BCUT2D eigenvalue weighted by Crippen LogP contribution is 2.39. The minimum Gasteiger partial charge on any atom is -0.397 e. The lowest BCUT2D eigenvalue weighted by Crippen LogP contribution is -2.15. The highest BCUT2D eigenvalue weighted by Gasteiger charge is 2.27. The van der Waals surface area contributed by atoms with Gasteiger partial charge in [0.2, 0.25) is 5.78 Å². The number of nitrogens with one attached hydrogen (secondary N) is 2. The van der Waals surface area contributed by atoms with E-state index in [-0.39, 0.29) is 27.5 Å². The largest absolute Gasteiger partial charge is 0.397 e. The van der Waals surface area contributed by atoms with Crippen molar-refractivity contribution < 1.29 is 14.0 Å². The van der Waals surface area contributed by atoms with E-state index in [0.717, 1.165) is 22.6 Å². The minimum absolute atomic E-state index is 0.0776. The Hall–Kier alpha value is -3.97. The predicted molar refractivity (Wildman–Crippen MR) is 127 cm³/mol. The van der Waals surface area contributed by atoms with Crippen LogP contribution >= 0.6 is 11.3 Å². The summed E-state index contributed by atoms with van der Waals surface area (Å²) in [6.07, 6.45) is 0. The van der Waals surface area contributed by atoms with Crippen LogP contribution < -0.4 is 16.4 Å². The van der Waals surface area contributed by atoms with Gasteiger partial charge in [-0.05, 0) is 55.0 Å². The van der Waals surface area contributed by atoms with E-state index in [1.807, 2.05) is 49.4 Å². The average molecular weight is 446 g/mol. The molecular weight excluding hydrogens is 425 g/mol. The molecule has 0 radical (unpaired) electrons. The summed E-state index contributed by atoms with van der Waals surface area (Å²) in [5.74, 6) is -1.25. The molecule has 1 aromatic heterocycles. The Morgan fingerprint density at radius 3 is 2.25 bits per heavy atom. The zero-order valence-electron chi connectivity index (χ0n) is 17.2. The zero-order chi connectivity index (χ0) is 22.7. The minimum atomic E-state index is -0.439. The molecule has 0 fully saturated rings. The van der Waals surface area contributed by atoms with Crippen molar-refractivity contribution in [1.29, 1.82) is 0 Å². The number of benzene rings is 3. The Balaban J connectivity index is 1.76. The number of para-hydroxylation sites is 2. The van der Waals surface area contributed by atoms with Crippen molar-refractivity contribution in [2.75, 3.05) is 16.4 Å². The van der Waals surface area contributed by atoms with Crippen LogP contribution in [0.2, 0.25) is 0 Å². The number of thiophene rings is 1. The van der Waals surface area contributed by atoms with Gasteiger partial charge in [-0.25, -0.2) is 4.39 Å². The van der Waals surface area contributed by atoms with Crippen LogP contribution in [0.15, 0.2) is 78.9 Å². The number of ketones is 1. The van der Waals surface area contributed by atoms with Gasteiger partial charge in [0.1, 0.15) is 15.7 Å². The summed E-state index contributed by atoms with van der Waals surface area (Å²) in [5.41, 5.74) is 9.26. The number of halogens is 1. The van der Waals surface area contributed by atoms with Gasteiger partial charge in [0.25, 0.3) is 5.91 Å². The Morgan fingerprint density at radius 2 is 1.56 bits per heavy atom. The number of anilines is 4. The molecule has 32 heavy (non-hydrogen) atoms. The maximum atomic E-state index is 13.3. The second kappa shape index (κ2) is 9.03. The summed E-state index contributed by atoms with van der Waals surface area (Å²) in [6.45, 7) is 1.94. The number of carbonyl (C=O) groups excluding carboxylic acids is 2. The van der Waals surface area contributed by atoms with Crippen molar-refractivity contribution in [3.05, 3.63) is 106 Å². The molecule has 0 saturated heterocycles. The van der Waals surface area contributed by atoms with Crippen molar-refractivity contribution in [3.8, 4) is 0 Å². The third kappa shape index (κ3) is 4.38. The summed E-state index contributed by atoms with van der Waals surface area (Å²) >= 11 is 1.10. The Bertz CT molecular complexity index is 1280. The number of hydrogen-bond donors (Lipinski definition) is 3. The summed E-state index contributed by atoms with van der Waals surface area (Å²) in [5, 5.41) is 6.53. The first-order valence-electron chi connectivity index (χ1n) is 9.85. The standard InChI is InChI=1S/C25H20FN3O2S/c1-15-7-5-6-10-19(15)29-25-20(24(31)28-18-8-3-2-4-9-18)21(27)23(32-25)22(30)16-11-13-17(26)14-12-16/h2-14,29H,27H2,1H3,(H,28,31). The van der Waals surface area contributed by atoms with Gasteiger partial charge >= 0.3 is 0 Å². The second-order valence-corrected chi connectivity index (χ2v) is 8.17. The lowest BCUT2D eigenvalue weighted by atomic mass is 10.1. The van der Waals surface area contributed by atoms with E-state index in [2.05, 4.69) is 10.6 Å². The number of nitrogens with two attached hydrogens (primary N) is 1. The van der Waals surface area contributed by atoms with Crippen molar-refractivity contribution in [1.82, 2.24) is 0 Å². The molecule has 4 N–H and O–H groups in total. The van der Waals surface area contributed by atoms with Gasteiger partial charge in [-0.1, -0.05) is 36.4 Å². The molecule has 3 aromatic carbocycles. The number of nitrogen functional groups attached to an aromatic ring is 1. The molecule has 7 heteroatoms. The predicted octanol–water partition coefficient (Wildman–Crippen LogP) is 6.00. The quantitative estimate of drug-likeness (QED) is 0.318. The molecule has 0 aliphatic rings. The SMILES string of the molecule is Cc1ccccc1Nc1sc(C(=O)c2ccc(F)cc2)c(N)c1C(=O)Nc1ccccc1. The highest BCUT2D eigenvalue weighted by molar-refractivity contribution is 7.19. The Labute approximate surface area is 188 Å². The summed E-state index contributed by atoms with van der Waals surface area (Å²) in [4.78, 5) is 26.5. The third-order valence-electron chi connectivity index (χ3n) is 4.91. The van der Waals surface area contributed by atoms with Crippen LogP contribution in [0, 0.1) is 12.7 Å². The number of rotatable bonds is 6. The van der Waals surface area contributed by atoms with Crippen molar-refractivity contribution in [2.45, 2.75) is 6.92 Å². The topological polar surface area (TPSA) is 84.2 Å². The fourth-order valence-corrected chi connectivity index (χ4v) is 4.30. The van der Waals surface area contributed by atoms with E-state index in [4.69, 9.17) is 5.73 Å². The van der Waals surface area contributed by atoms with Gasteiger partial charge in [0.05, 0.1) is 11.3 Å². The highest BCUT2D eigenvalue weighted by atomic mass is 32.1. The smallest absolute Gasteiger partial charge is 0.260 e. The first-order chi connectivity index (χ1) is 15.4. The van der Waals surface area contributed by atoms with E-state index in [0.29, 0.717) is 10.7 Å². The lowest BCUT2D eigenvalue weighted by molar-refractivity contribution is 0.102. The molecule has 5 nitrogen and oxygen atoms in total. The molecule has 0 saturated carbocycles. The molecule has 4 rings (SSSR count). The van der Waals surface area contributed by atoms with Crippen LogP contribution in [-0.4, -0.2) is 11.7 Å². The molecular formula is C25H20FN3O2S. The van der Waals surface area contributed by atoms with E-state index in [9.17, 15) is 14.0 Å². The van der Waals surface area contributed by atoms with Crippen molar-refractivity contribution in [2.24, 2.45) is 0 Å². The molecule has 4 aromatic rings. The summed E-state index contributed by atoms with van der Waals surface area (Å²) < 4.78 is 13.3. The molecule has 0 spiro atoms. The molecule has 0 aliphatic carbocycles. The first-order valence-corrected chi connectivity index (χ1v) is 10.7. The van der Waals surface area contributed by atoms with Crippen molar-refractivity contribution in [3.63, 3.8) is 0 Å². The average Bonchev–Trinajstić information content (AvgIpc) is 3.12. The fraction of sp³-hybridized carbons (Fsp3) is 0.0400. The fourth-order valence-electron chi connectivity index (χ4n) is 3.21. The zero-order valence-corrected chi connectivity index (χ0v) is 18.0. The maximum absolute atomic E-state index is 13.3. The van der Waals surface area contributed by atoms with Crippen molar-refractivity contribution >= 4 is 45.1 Å². The van der Waals surface area contributed by atoms with Crippen LogP contribution in [0.1, 0.15) is 31.2 Å². The van der Waals surface area contributed by atoms with Crippen LogP contribution in [-0.2, 0) is 0 Å². The van der Waals surface area contributed by atoms with E-state index >= 15 is 0 Å². The monoisotopic (exact) mass is 445 g/mol. The molecule has 160 valence electrons. The number of amides is 1. The number of carbonyl (C=O) groups is 2. The van der Waals surface area contributed by atoms with Gasteiger partial charge in [-0.15, -0.1) is 11.3 Å². The summed E-state index contributed by atoms with van der Waals surface area (Å²) in [6, 6.07) is 21.8. The second-order valence-electron chi connectivity index (χ2n) is 7.15. The van der Waals surface area contributed by atoms with Crippen LogP contribution in [0.4, 0.5) is 26.5 Å². The summed E-state index contributed by atoms with van der Waals surface area (Å²) in [7, 11) is 0. The van der Waals surface area contributed by atoms with Crippen LogP contribution in [0.5, 0.6) is 0 Å². The van der Waals surface area contributed by atoms with Gasteiger partial charge in [-0.2, -0.15) is 0 Å². The molecule has 0 atom stereocenters. The molecule has 0 bridgehead atoms. The van der Waals surface area contributed by atoms with Crippen LogP contribution in [0.3, 0.4) is 0 Å². The normalized spacial score (nSPS) is 10.6. The Kier molecular flexibility index (Phi) is 6.00. The van der Waals surface area contributed by atoms with E-state index in [1.54, 1.807) is 12.1 Å². The van der Waals surface area contributed by atoms with Gasteiger partial charge in [0, 0.05) is 16.9 Å². The molecule has 0 unspecified atom stereocenters. The van der Waals surface area contributed by atoms with E-state index in [1.165, 1.54) is 24.3 Å². The number of aryl methyl sites for hydroxylation is 1. The third-order valence-corrected chi connectivity index (χ3v) is 6.03. The molecule has 1 heterocycles. The Morgan fingerprint density at radius 1 is 0.906 bits per heavy atom.